The normalized spacial score (nSPS) is 12.3. The minimum atomic E-state index is -4.53. The lowest BCUT2D eigenvalue weighted by atomic mass is 10.2. The standard InChI is InChI=1S/C15H19F6N3O.HI/c1-2-22-13(23-8-7-14(16,17)18)24-9-10-25-12-6-4-3-5-11(12)15(19,20)21;/h3-6H,2,7-10H2,1H3,(H2,22,23,24);1H. The first kappa shape index (κ1) is 24.6. The molecule has 2 N–H and O–H groups in total. The SMILES string of the molecule is CCNC(=NCCC(F)(F)F)NCCOc1ccccc1C(F)(F)F.I. The third kappa shape index (κ3) is 9.92. The maximum atomic E-state index is 12.8. The van der Waals surface area contributed by atoms with E-state index in [2.05, 4.69) is 15.6 Å². The van der Waals surface area contributed by atoms with Crippen molar-refractivity contribution in [2.24, 2.45) is 4.99 Å². The van der Waals surface area contributed by atoms with Crippen molar-refractivity contribution >= 4 is 29.9 Å². The summed E-state index contributed by atoms with van der Waals surface area (Å²) in [5.74, 6) is -0.171. The van der Waals surface area contributed by atoms with Crippen LogP contribution in [0.3, 0.4) is 0 Å². The molecule has 11 heteroatoms. The van der Waals surface area contributed by atoms with Crippen LogP contribution in [0.4, 0.5) is 26.3 Å². The predicted octanol–water partition coefficient (Wildman–Crippen LogP) is 4.21. The van der Waals surface area contributed by atoms with Gasteiger partial charge >= 0.3 is 12.4 Å². The van der Waals surface area contributed by atoms with Crippen LogP contribution in [0, 0.1) is 0 Å². The Morgan fingerprint density at radius 1 is 1.08 bits per heavy atom. The van der Waals surface area contributed by atoms with E-state index in [0.717, 1.165) is 6.07 Å². The molecule has 0 unspecified atom stereocenters. The van der Waals surface area contributed by atoms with Gasteiger partial charge in [0.1, 0.15) is 12.4 Å². The molecule has 0 aliphatic rings. The molecule has 0 aromatic heterocycles. The third-order valence-electron chi connectivity index (χ3n) is 2.85. The van der Waals surface area contributed by atoms with Crippen molar-refractivity contribution in [2.45, 2.75) is 25.7 Å². The number of guanidine groups is 1. The maximum absolute atomic E-state index is 12.8. The third-order valence-corrected chi connectivity index (χ3v) is 2.85. The molecule has 0 radical (unpaired) electrons. The molecule has 0 heterocycles. The Morgan fingerprint density at radius 2 is 1.73 bits per heavy atom. The number of hydrogen-bond donors (Lipinski definition) is 2. The number of benzene rings is 1. The Morgan fingerprint density at radius 3 is 2.31 bits per heavy atom. The second-order valence-electron chi connectivity index (χ2n) is 4.89. The van der Waals surface area contributed by atoms with E-state index >= 15 is 0 Å². The lowest BCUT2D eigenvalue weighted by Gasteiger charge is -2.15. The van der Waals surface area contributed by atoms with E-state index in [4.69, 9.17) is 4.74 Å². The molecule has 150 valence electrons. The Bertz CT molecular complexity index is 563. The monoisotopic (exact) mass is 499 g/mol. The highest BCUT2D eigenvalue weighted by Gasteiger charge is 2.33. The van der Waals surface area contributed by atoms with Gasteiger partial charge in [-0.15, -0.1) is 24.0 Å². The smallest absolute Gasteiger partial charge is 0.419 e. The Labute approximate surface area is 164 Å². The van der Waals surface area contributed by atoms with Crippen molar-refractivity contribution in [3.8, 4) is 5.75 Å². The van der Waals surface area contributed by atoms with Crippen LogP contribution in [0.2, 0.25) is 0 Å². The summed E-state index contributed by atoms with van der Waals surface area (Å²) in [6.07, 6.45) is -9.89. The Hall–Kier alpha value is -1.40. The highest BCUT2D eigenvalue weighted by molar-refractivity contribution is 14.0. The summed E-state index contributed by atoms with van der Waals surface area (Å²) in [5.41, 5.74) is -0.888. The quantitative estimate of drug-likeness (QED) is 0.194. The molecule has 1 aromatic rings. The lowest BCUT2D eigenvalue weighted by molar-refractivity contribution is -0.139. The maximum Gasteiger partial charge on any atom is 0.419 e. The van der Waals surface area contributed by atoms with Gasteiger partial charge in [-0.05, 0) is 19.1 Å². The van der Waals surface area contributed by atoms with Crippen molar-refractivity contribution in [2.75, 3.05) is 26.2 Å². The second kappa shape index (κ2) is 11.3. The number of hydrogen-bond acceptors (Lipinski definition) is 2. The van der Waals surface area contributed by atoms with Crippen molar-refractivity contribution in [3.63, 3.8) is 0 Å². The molecule has 0 aliphatic heterocycles. The molecule has 4 nitrogen and oxygen atoms in total. The summed E-state index contributed by atoms with van der Waals surface area (Å²) in [6, 6.07) is 4.78. The first-order valence-corrected chi connectivity index (χ1v) is 7.51. The lowest BCUT2D eigenvalue weighted by Crippen LogP contribution is -2.39. The van der Waals surface area contributed by atoms with Crippen LogP contribution < -0.4 is 15.4 Å². The van der Waals surface area contributed by atoms with E-state index in [1.54, 1.807) is 6.92 Å². The average molecular weight is 499 g/mol. The van der Waals surface area contributed by atoms with E-state index < -0.39 is 30.9 Å². The summed E-state index contributed by atoms with van der Waals surface area (Å²) < 4.78 is 79.8. The first-order chi connectivity index (χ1) is 11.6. The van der Waals surface area contributed by atoms with Crippen LogP contribution in [-0.4, -0.2) is 38.4 Å². The molecule has 0 fully saturated rings. The van der Waals surface area contributed by atoms with Gasteiger partial charge < -0.3 is 15.4 Å². The van der Waals surface area contributed by atoms with E-state index in [9.17, 15) is 26.3 Å². The van der Waals surface area contributed by atoms with E-state index in [1.807, 2.05) is 0 Å². The second-order valence-corrected chi connectivity index (χ2v) is 4.89. The molecule has 26 heavy (non-hydrogen) atoms. The minimum Gasteiger partial charge on any atom is -0.491 e. The molecule has 0 amide bonds. The number of aliphatic imine (C=N–C) groups is 1. The van der Waals surface area contributed by atoms with Crippen LogP contribution >= 0.6 is 24.0 Å². The van der Waals surface area contributed by atoms with Gasteiger partial charge in [-0.1, -0.05) is 12.1 Å². The van der Waals surface area contributed by atoms with Gasteiger partial charge in [0.25, 0.3) is 0 Å². The van der Waals surface area contributed by atoms with Gasteiger partial charge in [0.15, 0.2) is 5.96 Å². The molecule has 0 bridgehead atoms. The fraction of sp³-hybridized carbons (Fsp3) is 0.533. The minimum absolute atomic E-state index is 0. The van der Waals surface area contributed by atoms with Crippen molar-refractivity contribution in [3.05, 3.63) is 29.8 Å². The fourth-order valence-electron chi connectivity index (χ4n) is 1.79. The topological polar surface area (TPSA) is 45.7 Å². The highest BCUT2D eigenvalue weighted by atomic mass is 127. The molecule has 0 spiro atoms. The Balaban J connectivity index is 0.00000625. The molecular formula is C15H20F6IN3O. The van der Waals surface area contributed by atoms with Gasteiger partial charge in [0.2, 0.25) is 0 Å². The van der Waals surface area contributed by atoms with E-state index in [-0.39, 0.29) is 48.8 Å². The van der Waals surface area contributed by atoms with Crippen LogP contribution in [0.5, 0.6) is 5.75 Å². The highest BCUT2D eigenvalue weighted by Crippen LogP contribution is 2.35. The van der Waals surface area contributed by atoms with E-state index in [0.29, 0.717) is 6.54 Å². The van der Waals surface area contributed by atoms with Crippen LogP contribution in [-0.2, 0) is 6.18 Å². The molecule has 1 aromatic carbocycles. The number of para-hydroxylation sites is 1. The summed E-state index contributed by atoms with van der Waals surface area (Å²) in [6.45, 7) is 1.67. The fourth-order valence-corrected chi connectivity index (χ4v) is 1.79. The zero-order valence-corrected chi connectivity index (χ0v) is 16.2. The molecule has 0 atom stereocenters. The number of ether oxygens (including phenoxy) is 1. The number of rotatable bonds is 7. The van der Waals surface area contributed by atoms with Crippen molar-refractivity contribution < 1.29 is 31.1 Å². The Kier molecular flexibility index (Phi) is 10.7. The first-order valence-electron chi connectivity index (χ1n) is 7.51. The zero-order valence-electron chi connectivity index (χ0n) is 13.9. The van der Waals surface area contributed by atoms with Crippen molar-refractivity contribution in [1.82, 2.24) is 10.6 Å². The van der Waals surface area contributed by atoms with Crippen LogP contribution in [0.15, 0.2) is 29.3 Å². The molecule has 1 rings (SSSR count). The number of nitrogens with zero attached hydrogens (tertiary/aromatic N) is 1. The predicted molar refractivity (Wildman–Crippen MR) is 97.0 cm³/mol. The van der Waals surface area contributed by atoms with Gasteiger partial charge in [0, 0.05) is 6.54 Å². The summed E-state index contributed by atoms with van der Waals surface area (Å²) in [5, 5.41) is 5.44. The van der Waals surface area contributed by atoms with Crippen LogP contribution in [0.1, 0.15) is 18.9 Å². The molecule has 0 saturated heterocycles. The van der Waals surface area contributed by atoms with Gasteiger partial charge in [0.05, 0.1) is 25.1 Å². The largest absolute Gasteiger partial charge is 0.491 e. The zero-order chi connectivity index (χ0) is 18.9. The molecular weight excluding hydrogens is 479 g/mol. The molecule has 0 saturated carbocycles. The summed E-state index contributed by atoms with van der Waals surface area (Å²) in [7, 11) is 0. The van der Waals surface area contributed by atoms with Gasteiger partial charge in [-0.3, -0.25) is 4.99 Å². The van der Waals surface area contributed by atoms with E-state index in [1.165, 1.54) is 18.2 Å². The number of alkyl halides is 6. The van der Waals surface area contributed by atoms with Gasteiger partial charge in [-0.2, -0.15) is 26.3 Å². The number of nitrogens with one attached hydrogen (secondary N) is 2. The van der Waals surface area contributed by atoms with Crippen molar-refractivity contribution in [1.29, 1.82) is 0 Å². The summed E-state index contributed by atoms with van der Waals surface area (Å²) in [4.78, 5) is 3.74. The summed E-state index contributed by atoms with van der Waals surface area (Å²) >= 11 is 0. The average Bonchev–Trinajstić information content (AvgIpc) is 2.49. The molecule has 0 aliphatic carbocycles. The number of halogens is 7. The van der Waals surface area contributed by atoms with Gasteiger partial charge in [-0.25, -0.2) is 0 Å². The van der Waals surface area contributed by atoms with Crippen LogP contribution in [0.25, 0.3) is 0 Å².